The predicted octanol–water partition coefficient (Wildman–Crippen LogP) is 2.49. The number of fused-ring (bicyclic) bond motifs is 1. The van der Waals surface area contributed by atoms with Gasteiger partial charge in [0.15, 0.2) is 10.8 Å². The maximum absolute atomic E-state index is 12.1. The molecule has 1 amide bonds. The highest BCUT2D eigenvalue weighted by Crippen LogP contribution is 2.24. The number of carbonyl (C=O) groups is 1. The summed E-state index contributed by atoms with van der Waals surface area (Å²) < 4.78 is 6.89. The van der Waals surface area contributed by atoms with Crippen LogP contribution in [0.1, 0.15) is 16.6 Å². The second-order valence-electron chi connectivity index (χ2n) is 5.55. The smallest absolute Gasteiger partial charge is 0.261 e. The Bertz CT molecular complexity index is 881. The van der Waals surface area contributed by atoms with Gasteiger partial charge in [0.05, 0.1) is 29.6 Å². The van der Waals surface area contributed by atoms with Crippen LogP contribution in [0.25, 0.3) is 11.0 Å². The zero-order valence-corrected chi connectivity index (χ0v) is 16.9. The Morgan fingerprint density at radius 2 is 2.26 bits per heavy atom. The van der Waals surface area contributed by atoms with E-state index < -0.39 is 0 Å². The third-order valence-electron chi connectivity index (χ3n) is 3.70. The molecule has 0 atom stereocenters. The van der Waals surface area contributed by atoms with Crippen LogP contribution in [-0.4, -0.2) is 58.2 Å². The maximum atomic E-state index is 12.1. The molecule has 3 heterocycles. The lowest BCUT2D eigenvalue weighted by molar-refractivity contribution is 0.0956. The van der Waals surface area contributed by atoms with E-state index in [0.717, 1.165) is 22.6 Å². The molecule has 2 N–H and O–H groups in total. The molecule has 27 heavy (non-hydrogen) atoms. The number of thiophene rings is 1. The van der Waals surface area contributed by atoms with E-state index in [0.29, 0.717) is 36.3 Å². The van der Waals surface area contributed by atoms with Crippen molar-refractivity contribution in [1.82, 2.24) is 25.1 Å². The summed E-state index contributed by atoms with van der Waals surface area (Å²) in [6.07, 6.45) is 1.76. The Labute approximate surface area is 165 Å². The molecular weight excluding hydrogens is 384 g/mol. The van der Waals surface area contributed by atoms with Crippen molar-refractivity contribution in [2.75, 3.05) is 37.9 Å². The summed E-state index contributed by atoms with van der Waals surface area (Å²) >= 11 is 3.00. The van der Waals surface area contributed by atoms with Crippen molar-refractivity contribution in [1.29, 1.82) is 0 Å². The van der Waals surface area contributed by atoms with Crippen molar-refractivity contribution in [3.05, 3.63) is 28.6 Å². The summed E-state index contributed by atoms with van der Waals surface area (Å²) in [6, 6.07) is 3.67. The van der Waals surface area contributed by atoms with E-state index in [2.05, 4.69) is 32.6 Å². The predicted molar refractivity (Wildman–Crippen MR) is 109 cm³/mol. The minimum Gasteiger partial charge on any atom is -0.383 e. The number of anilines is 1. The van der Waals surface area contributed by atoms with Crippen molar-refractivity contribution in [2.45, 2.75) is 18.6 Å². The molecule has 0 aromatic carbocycles. The lowest BCUT2D eigenvalue weighted by Crippen LogP contribution is -2.26. The Morgan fingerprint density at radius 3 is 3.00 bits per heavy atom. The van der Waals surface area contributed by atoms with Gasteiger partial charge >= 0.3 is 0 Å². The first-order chi connectivity index (χ1) is 13.2. The van der Waals surface area contributed by atoms with Crippen molar-refractivity contribution in [2.24, 2.45) is 0 Å². The molecular formula is C17H22N6O2S2. The van der Waals surface area contributed by atoms with Crippen LogP contribution in [0.15, 0.2) is 28.9 Å². The van der Waals surface area contributed by atoms with Gasteiger partial charge in [0, 0.05) is 20.2 Å². The largest absolute Gasteiger partial charge is 0.383 e. The molecule has 0 aliphatic rings. The molecule has 10 heteroatoms. The van der Waals surface area contributed by atoms with Crippen LogP contribution in [0.2, 0.25) is 0 Å². The van der Waals surface area contributed by atoms with E-state index in [4.69, 9.17) is 4.74 Å². The highest BCUT2D eigenvalue weighted by atomic mass is 32.2. The van der Waals surface area contributed by atoms with Gasteiger partial charge in [-0.2, -0.15) is 5.10 Å². The number of nitrogens with one attached hydrogen (secondary N) is 2. The number of nitrogens with zero attached hydrogens (tertiary/aromatic N) is 4. The van der Waals surface area contributed by atoms with Crippen molar-refractivity contribution in [3.8, 4) is 0 Å². The van der Waals surface area contributed by atoms with E-state index in [9.17, 15) is 4.79 Å². The molecule has 0 spiro atoms. The van der Waals surface area contributed by atoms with Gasteiger partial charge < -0.3 is 15.4 Å². The SMILES string of the molecule is CCSc1nc(NCCOC)c2cnn(CCNC(=O)c3cccs3)c2n1. The van der Waals surface area contributed by atoms with Crippen LogP contribution in [0.5, 0.6) is 0 Å². The molecule has 0 fully saturated rings. The van der Waals surface area contributed by atoms with Gasteiger partial charge in [0.2, 0.25) is 0 Å². The van der Waals surface area contributed by atoms with E-state index >= 15 is 0 Å². The minimum absolute atomic E-state index is 0.0692. The van der Waals surface area contributed by atoms with Gasteiger partial charge in [-0.15, -0.1) is 11.3 Å². The molecule has 3 aromatic rings. The molecule has 3 rings (SSSR count). The van der Waals surface area contributed by atoms with E-state index in [1.807, 2.05) is 17.5 Å². The third-order valence-corrected chi connectivity index (χ3v) is 5.30. The molecule has 0 unspecified atom stereocenters. The number of ether oxygens (including phenoxy) is 1. The van der Waals surface area contributed by atoms with Gasteiger partial charge in [-0.3, -0.25) is 4.79 Å². The molecule has 0 saturated carbocycles. The Morgan fingerprint density at radius 1 is 1.37 bits per heavy atom. The lowest BCUT2D eigenvalue weighted by Gasteiger charge is -2.09. The van der Waals surface area contributed by atoms with Crippen molar-refractivity contribution < 1.29 is 9.53 Å². The summed E-state index contributed by atoms with van der Waals surface area (Å²) in [5, 5.41) is 14.1. The molecule has 0 aliphatic heterocycles. The van der Waals surface area contributed by atoms with E-state index in [1.165, 1.54) is 11.3 Å². The highest BCUT2D eigenvalue weighted by molar-refractivity contribution is 7.99. The normalized spacial score (nSPS) is 11.0. The van der Waals surface area contributed by atoms with Gasteiger partial charge in [0.25, 0.3) is 5.91 Å². The van der Waals surface area contributed by atoms with Crippen LogP contribution in [0, 0.1) is 0 Å². The number of hydrogen-bond acceptors (Lipinski definition) is 8. The summed E-state index contributed by atoms with van der Waals surface area (Å²) in [6.45, 7) is 4.31. The zero-order valence-electron chi connectivity index (χ0n) is 15.3. The zero-order chi connectivity index (χ0) is 19.1. The number of aromatic nitrogens is 4. The summed E-state index contributed by atoms with van der Waals surface area (Å²) in [7, 11) is 1.66. The van der Waals surface area contributed by atoms with Crippen LogP contribution in [0.3, 0.4) is 0 Å². The van der Waals surface area contributed by atoms with E-state index in [1.54, 1.807) is 29.8 Å². The number of carbonyl (C=O) groups excluding carboxylic acids is 1. The number of amides is 1. The first-order valence-electron chi connectivity index (χ1n) is 8.63. The Hall–Kier alpha value is -2.17. The monoisotopic (exact) mass is 406 g/mol. The molecule has 144 valence electrons. The average molecular weight is 407 g/mol. The van der Waals surface area contributed by atoms with Gasteiger partial charge in [-0.05, 0) is 17.2 Å². The Balaban J connectivity index is 1.73. The maximum Gasteiger partial charge on any atom is 0.261 e. The fourth-order valence-electron chi connectivity index (χ4n) is 2.47. The second kappa shape index (κ2) is 9.67. The van der Waals surface area contributed by atoms with Crippen LogP contribution in [-0.2, 0) is 11.3 Å². The number of methoxy groups -OCH3 is 1. The highest BCUT2D eigenvalue weighted by Gasteiger charge is 2.13. The van der Waals surface area contributed by atoms with Gasteiger partial charge in [-0.25, -0.2) is 14.6 Å². The fraction of sp³-hybridized carbons (Fsp3) is 0.412. The molecule has 3 aromatic heterocycles. The second-order valence-corrected chi connectivity index (χ2v) is 7.72. The summed E-state index contributed by atoms with van der Waals surface area (Å²) in [5.41, 5.74) is 0.756. The van der Waals surface area contributed by atoms with Crippen LogP contribution < -0.4 is 10.6 Å². The standard InChI is InChI=1S/C17H22N6O2S2/c1-3-26-17-21-14(18-7-9-25-2)12-11-20-23(15(12)22-17)8-6-19-16(24)13-5-4-10-27-13/h4-5,10-11H,3,6-9H2,1-2H3,(H,19,24)(H,18,21,22). The summed E-state index contributed by atoms with van der Waals surface area (Å²) in [4.78, 5) is 22.0. The first-order valence-corrected chi connectivity index (χ1v) is 10.5. The Kier molecular flexibility index (Phi) is 7.02. The van der Waals surface area contributed by atoms with Crippen LogP contribution in [0.4, 0.5) is 5.82 Å². The van der Waals surface area contributed by atoms with Gasteiger partial charge in [-0.1, -0.05) is 24.8 Å². The molecule has 0 saturated heterocycles. The molecule has 0 aliphatic carbocycles. The summed E-state index contributed by atoms with van der Waals surface area (Å²) in [5.74, 6) is 1.57. The van der Waals surface area contributed by atoms with E-state index in [-0.39, 0.29) is 5.91 Å². The third kappa shape index (κ3) is 4.96. The lowest BCUT2D eigenvalue weighted by atomic mass is 10.4. The van der Waals surface area contributed by atoms with Gasteiger partial charge in [0.1, 0.15) is 5.82 Å². The molecule has 0 radical (unpaired) electrons. The van der Waals surface area contributed by atoms with Crippen molar-refractivity contribution >= 4 is 45.9 Å². The van der Waals surface area contributed by atoms with Crippen molar-refractivity contribution in [3.63, 3.8) is 0 Å². The topological polar surface area (TPSA) is 94.0 Å². The number of hydrogen-bond donors (Lipinski definition) is 2. The molecule has 8 nitrogen and oxygen atoms in total. The number of rotatable bonds is 10. The quantitative estimate of drug-likeness (QED) is 0.303. The fourth-order valence-corrected chi connectivity index (χ4v) is 3.67. The molecule has 0 bridgehead atoms. The average Bonchev–Trinajstić information content (AvgIpc) is 3.33. The first kappa shape index (κ1) is 19.6. The minimum atomic E-state index is -0.0692. The van der Waals surface area contributed by atoms with Crippen LogP contribution >= 0.6 is 23.1 Å². The number of thioether (sulfide) groups is 1.